The third-order valence-electron chi connectivity index (χ3n) is 5.91. The van der Waals surface area contributed by atoms with Gasteiger partial charge in [0, 0.05) is 23.6 Å². The molecule has 2 aromatic carbocycles. The fourth-order valence-electron chi connectivity index (χ4n) is 4.02. The second-order valence-corrected chi connectivity index (χ2v) is 8.04. The molecule has 0 saturated carbocycles. The molecule has 0 radical (unpaired) electrons. The first-order valence-electron chi connectivity index (χ1n) is 11.0. The van der Waals surface area contributed by atoms with Crippen molar-refractivity contribution < 1.29 is 19.0 Å². The molecule has 0 aliphatic carbocycles. The van der Waals surface area contributed by atoms with E-state index < -0.39 is 5.82 Å². The first-order chi connectivity index (χ1) is 15.6. The van der Waals surface area contributed by atoms with Crippen molar-refractivity contribution in [3.05, 3.63) is 42.0 Å². The van der Waals surface area contributed by atoms with Gasteiger partial charge >= 0.3 is 0 Å². The molecule has 1 aromatic heterocycles. The van der Waals surface area contributed by atoms with Gasteiger partial charge in [-0.25, -0.2) is 14.4 Å². The van der Waals surface area contributed by atoms with Gasteiger partial charge in [0.25, 0.3) is 0 Å². The van der Waals surface area contributed by atoms with Crippen molar-refractivity contribution in [3.8, 4) is 17.2 Å². The number of rotatable bonds is 7. The molecular weight excluding hydrogens is 411 g/mol. The molecule has 1 saturated heterocycles. The van der Waals surface area contributed by atoms with E-state index in [0.29, 0.717) is 40.4 Å². The quantitative estimate of drug-likeness (QED) is 0.547. The molecule has 170 valence electrons. The monoisotopic (exact) mass is 440 g/mol. The van der Waals surface area contributed by atoms with Crippen molar-refractivity contribution in [2.45, 2.75) is 32.6 Å². The van der Waals surface area contributed by atoms with Crippen LogP contribution in [0.5, 0.6) is 17.2 Å². The number of aromatic nitrogens is 2. The number of nitrogens with zero attached hydrogens (tertiary/aromatic N) is 3. The van der Waals surface area contributed by atoms with Crippen molar-refractivity contribution in [2.75, 3.05) is 38.7 Å². The molecule has 8 heteroatoms. The molecule has 0 bridgehead atoms. The maximum absolute atomic E-state index is 14.4. The maximum Gasteiger partial charge on any atom is 0.163 e. The Kier molecular flexibility index (Phi) is 6.90. The average Bonchev–Trinajstić information content (AvgIpc) is 3.08. The molecule has 1 fully saturated rings. The molecule has 0 spiro atoms. The van der Waals surface area contributed by atoms with Crippen LogP contribution in [0, 0.1) is 12.7 Å². The van der Waals surface area contributed by atoms with Gasteiger partial charge in [0.05, 0.1) is 18.3 Å². The number of likely N-dealkylation sites (tertiary alicyclic amines) is 1. The van der Waals surface area contributed by atoms with Crippen LogP contribution in [0.25, 0.3) is 10.9 Å². The SMILES string of the molecule is COc1cc2c(Nc3c(F)ccc(O)c3C)ncnc2cc1OCCN1CCCCCC1. The van der Waals surface area contributed by atoms with Gasteiger partial charge in [-0.2, -0.15) is 0 Å². The lowest BCUT2D eigenvalue weighted by Crippen LogP contribution is -2.29. The Balaban J connectivity index is 1.56. The first kappa shape index (κ1) is 22.1. The third kappa shape index (κ3) is 4.85. The van der Waals surface area contributed by atoms with Crippen molar-refractivity contribution >= 4 is 22.4 Å². The minimum atomic E-state index is -0.479. The van der Waals surface area contributed by atoms with Gasteiger partial charge in [-0.05, 0) is 51.1 Å². The zero-order valence-corrected chi connectivity index (χ0v) is 18.5. The molecule has 2 N–H and O–H groups in total. The Morgan fingerprint density at radius 1 is 1.09 bits per heavy atom. The van der Waals surface area contributed by atoms with Crippen molar-refractivity contribution in [3.63, 3.8) is 0 Å². The summed E-state index contributed by atoms with van der Waals surface area (Å²) in [6.07, 6.45) is 6.50. The molecule has 4 rings (SSSR count). The number of halogens is 1. The number of nitrogens with one attached hydrogen (secondary N) is 1. The van der Waals surface area contributed by atoms with E-state index in [4.69, 9.17) is 9.47 Å². The number of aromatic hydroxyl groups is 1. The number of hydrogen-bond acceptors (Lipinski definition) is 7. The number of hydrogen-bond donors (Lipinski definition) is 2. The summed E-state index contributed by atoms with van der Waals surface area (Å²) in [4.78, 5) is 11.1. The van der Waals surface area contributed by atoms with Gasteiger partial charge < -0.3 is 19.9 Å². The van der Waals surface area contributed by atoms with Gasteiger partial charge in [0.15, 0.2) is 11.5 Å². The van der Waals surface area contributed by atoms with Gasteiger partial charge in [0.2, 0.25) is 0 Å². The lowest BCUT2D eigenvalue weighted by molar-refractivity contribution is 0.209. The largest absolute Gasteiger partial charge is 0.508 e. The summed E-state index contributed by atoms with van der Waals surface area (Å²) in [6.45, 7) is 5.30. The van der Waals surface area contributed by atoms with Crippen molar-refractivity contribution in [1.82, 2.24) is 14.9 Å². The average molecular weight is 441 g/mol. The Bertz CT molecular complexity index is 1080. The molecule has 2 heterocycles. The molecule has 32 heavy (non-hydrogen) atoms. The standard InChI is InChI=1S/C24H29FN4O3/c1-16-20(30)8-7-18(25)23(16)28-24-17-13-21(31-2)22(14-19(17)26-15-27-24)32-12-11-29-9-5-3-4-6-10-29/h7-8,13-15,30H,3-6,9-12H2,1-2H3,(H,26,27,28). The van der Waals surface area contributed by atoms with Crippen LogP contribution < -0.4 is 14.8 Å². The summed E-state index contributed by atoms with van der Waals surface area (Å²) >= 11 is 0. The number of benzene rings is 2. The van der Waals surface area contributed by atoms with Crippen LogP contribution >= 0.6 is 0 Å². The van der Waals surface area contributed by atoms with Crippen LogP contribution in [0.3, 0.4) is 0 Å². The molecule has 0 atom stereocenters. The highest BCUT2D eigenvalue weighted by atomic mass is 19.1. The molecule has 0 amide bonds. The van der Waals surface area contributed by atoms with E-state index in [1.807, 2.05) is 6.07 Å². The number of phenolic OH excluding ortho intramolecular Hbond substituents is 1. The minimum absolute atomic E-state index is 0.00457. The second-order valence-electron chi connectivity index (χ2n) is 8.04. The normalized spacial score (nSPS) is 14.8. The van der Waals surface area contributed by atoms with Crippen molar-refractivity contribution in [1.29, 1.82) is 0 Å². The second kappa shape index (κ2) is 9.99. The third-order valence-corrected chi connectivity index (χ3v) is 5.91. The number of methoxy groups -OCH3 is 1. The van der Waals surface area contributed by atoms with E-state index in [1.54, 1.807) is 20.1 Å². The molecular formula is C24H29FN4O3. The van der Waals surface area contributed by atoms with Crippen LogP contribution in [-0.4, -0.2) is 53.3 Å². The summed E-state index contributed by atoms with van der Waals surface area (Å²) in [6, 6.07) is 6.14. The van der Waals surface area contributed by atoms with E-state index in [2.05, 4.69) is 20.2 Å². The van der Waals surface area contributed by atoms with E-state index in [9.17, 15) is 9.50 Å². The summed E-state index contributed by atoms with van der Waals surface area (Å²) in [5.41, 5.74) is 1.21. The number of phenols is 1. The van der Waals surface area contributed by atoms with E-state index in [1.165, 1.54) is 44.1 Å². The Labute approximate surface area is 187 Å². The molecule has 0 unspecified atom stereocenters. The smallest absolute Gasteiger partial charge is 0.163 e. The highest BCUT2D eigenvalue weighted by Crippen LogP contribution is 2.36. The highest BCUT2D eigenvalue weighted by Gasteiger charge is 2.16. The van der Waals surface area contributed by atoms with Gasteiger partial charge in [-0.15, -0.1) is 0 Å². The lowest BCUT2D eigenvalue weighted by atomic mass is 10.1. The fraction of sp³-hybridized carbons (Fsp3) is 0.417. The van der Waals surface area contributed by atoms with Gasteiger partial charge in [-0.3, -0.25) is 4.90 Å². The number of ether oxygens (including phenoxy) is 2. The maximum atomic E-state index is 14.4. The summed E-state index contributed by atoms with van der Waals surface area (Å²) < 4.78 is 26.0. The highest BCUT2D eigenvalue weighted by molar-refractivity contribution is 5.93. The molecule has 1 aliphatic rings. The lowest BCUT2D eigenvalue weighted by Gasteiger charge is -2.20. The van der Waals surface area contributed by atoms with Gasteiger partial charge in [0.1, 0.15) is 30.3 Å². The molecule has 7 nitrogen and oxygen atoms in total. The zero-order valence-electron chi connectivity index (χ0n) is 18.5. The van der Waals surface area contributed by atoms with Crippen LogP contribution in [0.15, 0.2) is 30.6 Å². The van der Waals surface area contributed by atoms with E-state index in [0.717, 1.165) is 19.6 Å². The van der Waals surface area contributed by atoms with E-state index >= 15 is 0 Å². The van der Waals surface area contributed by atoms with E-state index in [-0.39, 0.29) is 11.4 Å². The number of anilines is 2. The Morgan fingerprint density at radius 3 is 2.62 bits per heavy atom. The van der Waals surface area contributed by atoms with Crippen LogP contribution in [0.4, 0.5) is 15.9 Å². The fourth-order valence-corrected chi connectivity index (χ4v) is 4.02. The van der Waals surface area contributed by atoms with Gasteiger partial charge in [-0.1, -0.05) is 12.8 Å². The topological polar surface area (TPSA) is 79.7 Å². The first-order valence-corrected chi connectivity index (χ1v) is 11.0. The minimum Gasteiger partial charge on any atom is -0.508 e. The summed E-state index contributed by atoms with van der Waals surface area (Å²) in [5.74, 6) is 1.10. The number of fused-ring (bicyclic) bond motifs is 1. The van der Waals surface area contributed by atoms with Crippen LogP contribution in [0.1, 0.15) is 31.2 Å². The Hall–Kier alpha value is -3.13. The predicted molar refractivity (Wildman–Crippen MR) is 123 cm³/mol. The van der Waals surface area contributed by atoms with Crippen molar-refractivity contribution in [2.24, 2.45) is 0 Å². The summed E-state index contributed by atoms with van der Waals surface area (Å²) in [7, 11) is 1.58. The Morgan fingerprint density at radius 2 is 1.88 bits per heavy atom. The van der Waals surface area contributed by atoms with Crippen LogP contribution in [-0.2, 0) is 0 Å². The molecule has 3 aromatic rings. The predicted octanol–water partition coefficient (Wildman–Crippen LogP) is 4.79. The van der Waals surface area contributed by atoms with Crippen LogP contribution in [0.2, 0.25) is 0 Å². The summed E-state index contributed by atoms with van der Waals surface area (Å²) in [5, 5.41) is 13.6. The molecule has 1 aliphatic heterocycles. The zero-order chi connectivity index (χ0) is 22.5.